The molecule has 0 unspecified atom stereocenters. The van der Waals surface area contributed by atoms with Crippen LogP contribution in [0.25, 0.3) is 16.8 Å². The zero-order valence-electron chi connectivity index (χ0n) is 15.6. The van der Waals surface area contributed by atoms with Gasteiger partial charge in [0, 0.05) is 26.2 Å². The number of aryl methyl sites for hydroxylation is 2. The quantitative estimate of drug-likeness (QED) is 0.692. The Morgan fingerprint density at radius 1 is 1.04 bits per heavy atom. The van der Waals surface area contributed by atoms with Crippen molar-refractivity contribution >= 4 is 11.6 Å². The van der Waals surface area contributed by atoms with Crippen LogP contribution in [0.4, 0.5) is 4.39 Å². The fraction of sp³-hybridized carbons (Fsp3) is 0.368. The van der Waals surface area contributed by atoms with Gasteiger partial charge in [-0.2, -0.15) is 5.10 Å². The van der Waals surface area contributed by atoms with Gasteiger partial charge >= 0.3 is 0 Å². The van der Waals surface area contributed by atoms with Crippen molar-refractivity contribution in [3.05, 3.63) is 47.2 Å². The smallest absolute Gasteiger partial charge is 0.276 e. The minimum Gasteiger partial charge on any atom is -0.335 e. The molecule has 8 heteroatoms. The van der Waals surface area contributed by atoms with E-state index in [1.807, 2.05) is 20.9 Å². The van der Waals surface area contributed by atoms with Crippen LogP contribution in [-0.2, 0) is 0 Å². The monoisotopic (exact) mass is 368 g/mol. The minimum atomic E-state index is -0.296. The standard InChI is InChI=1S/C19H21FN6O/c1-12-16(14-4-6-15(20)7-5-14)18-22-21-17(13(2)26(18)23-12)19(27)25-10-8-24(3)9-11-25/h4-7H,8-11H2,1-3H3. The summed E-state index contributed by atoms with van der Waals surface area (Å²) in [6, 6.07) is 6.20. The lowest BCUT2D eigenvalue weighted by molar-refractivity contribution is 0.0655. The first-order chi connectivity index (χ1) is 13.0. The Bertz CT molecular complexity index is 1010. The van der Waals surface area contributed by atoms with E-state index in [1.165, 1.54) is 12.1 Å². The minimum absolute atomic E-state index is 0.119. The largest absolute Gasteiger partial charge is 0.335 e. The van der Waals surface area contributed by atoms with E-state index >= 15 is 0 Å². The van der Waals surface area contributed by atoms with Gasteiger partial charge in [-0.05, 0) is 38.6 Å². The van der Waals surface area contributed by atoms with Gasteiger partial charge in [-0.1, -0.05) is 12.1 Å². The second-order valence-corrected chi connectivity index (χ2v) is 6.93. The van der Waals surface area contributed by atoms with Crippen molar-refractivity contribution in [2.24, 2.45) is 0 Å². The number of halogens is 1. The van der Waals surface area contributed by atoms with Gasteiger partial charge in [0.1, 0.15) is 5.82 Å². The maximum Gasteiger partial charge on any atom is 0.276 e. The number of nitrogens with zero attached hydrogens (tertiary/aromatic N) is 6. The molecule has 0 N–H and O–H groups in total. The summed E-state index contributed by atoms with van der Waals surface area (Å²) in [5, 5.41) is 13.1. The molecule has 2 aromatic heterocycles. The van der Waals surface area contributed by atoms with Crippen LogP contribution in [-0.4, -0.2) is 68.7 Å². The van der Waals surface area contributed by atoms with Crippen LogP contribution in [0.3, 0.4) is 0 Å². The molecule has 3 heterocycles. The first-order valence-electron chi connectivity index (χ1n) is 8.92. The zero-order valence-corrected chi connectivity index (χ0v) is 15.6. The van der Waals surface area contributed by atoms with Gasteiger partial charge < -0.3 is 9.80 Å². The number of aromatic nitrogens is 4. The summed E-state index contributed by atoms with van der Waals surface area (Å²) in [5.41, 5.74) is 3.90. The Morgan fingerprint density at radius 2 is 1.70 bits per heavy atom. The fourth-order valence-electron chi connectivity index (χ4n) is 3.42. The molecule has 0 aliphatic carbocycles. The molecule has 27 heavy (non-hydrogen) atoms. The molecule has 1 amide bonds. The predicted molar refractivity (Wildman–Crippen MR) is 99.1 cm³/mol. The molecule has 1 aliphatic rings. The number of carbonyl (C=O) groups excluding carboxylic acids is 1. The number of fused-ring (bicyclic) bond motifs is 1. The molecule has 3 aromatic rings. The van der Waals surface area contributed by atoms with Gasteiger partial charge in [0.15, 0.2) is 11.3 Å². The zero-order chi connectivity index (χ0) is 19.1. The maximum atomic E-state index is 13.3. The van der Waals surface area contributed by atoms with Gasteiger partial charge in [0.05, 0.1) is 17.0 Å². The predicted octanol–water partition coefficient (Wildman–Crippen LogP) is 1.93. The van der Waals surface area contributed by atoms with Crippen LogP contribution in [0.2, 0.25) is 0 Å². The highest BCUT2D eigenvalue weighted by atomic mass is 19.1. The van der Waals surface area contributed by atoms with Gasteiger partial charge in [-0.15, -0.1) is 10.2 Å². The number of benzene rings is 1. The van der Waals surface area contributed by atoms with Crippen LogP contribution in [0.1, 0.15) is 21.9 Å². The van der Waals surface area contributed by atoms with Crippen LogP contribution < -0.4 is 0 Å². The number of likely N-dealkylation sites (N-methyl/N-ethyl adjacent to an activating group) is 1. The molecule has 4 rings (SSSR count). The van der Waals surface area contributed by atoms with Crippen LogP contribution in [0.5, 0.6) is 0 Å². The van der Waals surface area contributed by atoms with Gasteiger partial charge in [0.2, 0.25) is 0 Å². The van der Waals surface area contributed by atoms with E-state index in [0.717, 1.165) is 29.9 Å². The molecule has 1 aliphatic heterocycles. The third-order valence-electron chi connectivity index (χ3n) is 5.07. The van der Waals surface area contributed by atoms with Crippen molar-refractivity contribution < 1.29 is 9.18 Å². The Hall–Kier alpha value is -2.87. The first kappa shape index (κ1) is 17.5. The van der Waals surface area contributed by atoms with E-state index in [2.05, 4.69) is 20.2 Å². The average molecular weight is 368 g/mol. The lowest BCUT2D eigenvalue weighted by Gasteiger charge is -2.32. The van der Waals surface area contributed by atoms with Gasteiger partial charge in [-0.25, -0.2) is 8.91 Å². The van der Waals surface area contributed by atoms with Crippen molar-refractivity contribution in [2.45, 2.75) is 13.8 Å². The molecular formula is C19H21FN6O. The molecule has 140 valence electrons. The number of amides is 1. The summed E-state index contributed by atoms with van der Waals surface area (Å²) >= 11 is 0. The highest BCUT2D eigenvalue weighted by Crippen LogP contribution is 2.28. The Kier molecular flexibility index (Phi) is 4.35. The molecule has 0 bridgehead atoms. The molecule has 0 spiro atoms. The van der Waals surface area contributed by atoms with E-state index in [0.29, 0.717) is 30.1 Å². The molecular weight excluding hydrogens is 347 g/mol. The third-order valence-corrected chi connectivity index (χ3v) is 5.07. The number of piperazine rings is 1. The second-order valence-electron chi connectivity index (χ2n) is 6.93. The molecule has 0 saturated carbocycles. The average Bonchev–Trinajstić information content (AvgIpc) is 3.00. The second kappa shape index (κ2) is 6.70. The lowest BCUT2D eigenvalue weighted by Crippen LogP contribution is -2.47. The normalized spacial score (nSPS) is 15.5. The number of rotatable bonds is 2. The summed E-state index contributed by atoms with van der Waals surface area (Å²) in [6.07, 6.45) is 0. The highest BCUT2D eigenvalue weighted by Gasteiger charge is 2.26. The van der Waals surface area contributed by atoms with Crippen LogP contribution >= 0.6 is 0 Å². The molecule has 1 aromatic carbocycles. The summed E-state index contributed by atoms with van der Waals surface area (Å²) in [5.74, 6) is -0.415. The highest BCUT2D eigenvalue weighted by molar-refractivity contribution is 5.93. The topological polar surface area (TPSA) is 66.6 Å². The third kappa shape index (κ3) is 3.06. The SMILES string of the molecule is Cc1nn2c(C)c(C(=O)N3CCN(C)CC3)nnc2c1-c1ccc(F)cc1. The lowest BCUT2D eigenvalue weighted by atomic mass is 10.1. The first-order valence-corrected chi connectivity index (χ1v) is 8.92. The summed E-state index contributed by atoms with van der Waals surface area (Å²) in [4.78, 5) is 16.9. The Morgan fingerprint density at radius 3 is 2.37 bits per heavy atom. The number of carbonyl (C=O) groups is 1. The van der Waals surface area contributed by atoms with Crippen LogP contribution in [0.15, 0.2) is 24.3 Å². The fourth-order valence-corrected chi connectivity index (χ4v) is 3.42. The molecule has 1 saturated heterocycles. The van der Waals surface area contributed by atoms with E-state index in [9.17, 15) is 9.18 Å². The van der Waals surface area contributed by atoms with Gasteiger partial charge in [0.25, 0.3) is 5.91 Å². The molecule has 1 fully saturated rings. The maximum absolute atomic E-state index is 13.3. The van der Waals surface area contributed by atoms with Crippen molar-refractivity contribution in [3.8, 4) is 11.1 Å². The van der Waals surface area contributed by atoms with E-state index in [1.54, 1.807) is 21.5 Å². The van der Waals surface area contributed by atoms with E-state index in [-0.39, 0.29) is 11.7 Å². The van der Waals surface area contributed by atoms with Gasteiger partial charge in [-0.3, -0.25) is 4.79 Å². The van der Waals surface area contributed by atoms with Crippen molar-refractivity contribution in [2.75, 3.05) is 33.2 Å². The summed E-state index contributed by atoms with van der Waals surface area (Å²) in [6.45, 7) is 6.73. The summed E-state index contributed by atoms with van der Waals surface area (Å²) < 4.78 is 14.9. The van der Waals surface area contributed by atoms with Crippen LogP contribution in [0, 0.1) is 19.7 Å². The number of hydrogen-bond acceptors (Lipinski definition) is 5. The van der Waals surface area contributed by atoms with Crippen molar-refractivity contribution in [1.82, 2.24) is 29.6 Å². The molecule has 0 radical (unpaired) electrons. The Balaban J connectivity index is 1.75. The van der Waals surface area contributed by atoms with Crippen molar-refractivity contribution in [3.63, 3.8) is 0 Å². The molecule has 7 nitrogen and oxygen atoms in total. The van der Waals surface area contributed by atoms with E-state index in [4.69, 9.17) is 0 Å². The molecule has 0 atom stereocenters. The summed E-state index contributed by atoms with van der Waals surface area (Å²) in [7, 11) is 2.04. The van der Waals surface area contributed by atoms with E-state index < -0.39 is 0 Å². The number of hydrogen-bond donors (Lipinski definition) is 0. The Labute approximate surface area is 156 Å². The van der Waals surface area contributed by atoms with Crippen molar-refractivity contribution in [1.29, 1.82) is 0 Å².